The summed E-state index contributed by atoms with van der Waals surface area (Å²) in [6, 6.07) is 9.50. The zero-order chi connectivity index (χ0) is 27.6. The standard InChI is InChI=1S/C29H30N2O7/c1-16-11-21(35-3)17(2)10-20(16)26(32)24-25(19-12-22(36-4)28(38-6)23(13-19)37-5)31(29(34)27(24)33)15-18-8-7-9-30-14-18/h7-14,25,32H,15H2,1-6H3/b26-24+. The molecule has 1 amide bonds. The first-order valence-corrected chi connectivity index (χ1v) is 11.9. The van der Waals surface area contributed by atoms with Gasteiger partial charge in [0.2, 0.25) is 5.75 Å². The number of nitrogens with zero attached hydrogens (tertiary/aromatic N) is 2. The lowest BCUT2D eigenvalue weighted by Gasteiger charge is -2.26. The molecule has 0 saturated carbocycles. The zero-order valence-electron chi connectivity index (χ0n) is 22.2. The van der Waals surface area contributed by atoms with E-state index in [1.54, 1.807) is 56.8 Å². The normalized spacial score (nSPS) is 16.5. The molecular formula is C29H30N2O7. The summed E-state index contributed by atoms with van der Waals surface area (Å²) in [5.41, 5.74) is 3.08. The van der Waals surface area contributed by atoms with Gasteiger partial charge in [0.1, 0.15) is 11.5 Å². The van der Waals surface area contributed by atoms with Crippen LogP contribution in [0.3, 0.4) is 0 Å². The maximum atomic E-state index is 13.5. The van der Waals surface area contributed by atoms with Crippen molar-refractivity contribution in [3.8, 4) is 23.0 Å². The van der Waals surface area contributed by atoms with E-state index < -0.39 is 17.7 Å². The van der Waals surface area contributed by atoms with E-state index in [0.29, 0.717) is 39.7 Å². The Bertz CT molecular complexity index is 1390. The molecule has 38 heavy (non-hydrogen) atoms. The van der Waals surface area contributed by atoms with Gasteiger partial charge in [0.25, 0.3) is 11.7 Å². The van der Waals surface area contributed by atoms with Crippen LogP contribution in [-0.4, -0.2) is 55.1 Å². The van der Waals surface area contributed by atoms with Gasteiger partial charge in [-0.25, -0.2) is 0 Å². The van der Waals surface area contributed by atoms with E-state index in [9.17, 15) is 14.7 Å². The van der Waals surface area contributed by atoms with Gasteiger partial charge in [0.05, 0.1) is 40.1 Å². The Balaban J connectivity index is 1.98. The predicted octanol–water partition coefficient (Wildman–Crippen LogP) is 4.35. The number of rotatable bonds is 8. The molecule has 198 valence electrons. The first-order valence-electron chi connectivity index (χ1n) is 11.9. The maximum Gasteiger partial charge on any atom is 0.295 e. The number of amides is 1. The molecule has 1 saturated heterocycles. The van der Waals surface area contributed by atoms with Crippen molar-refractivity contribution in [3.63, 3.8) is 0 Å². The number of likely N-dealkylation sites (tertiary alicyclic amines) is 1. The van der Waals surface area contributed by atoms with Crippen LogP contribution in [0.1, 0.15) is 33.9 Å². The zero-order valence-corrected chi connectivity index (χ0v) is 22.2. The molecule has 0 bridgehead atoms. The summed E-state index contributed by atoms with van der Waals surface area (Å²) in [5.74, 6) is -0.0912. The van der Waals surface area contributed by atoms with Gasteiger partial charge in [-0.1, -0.05) is 6.07 Å². The number of aryl methyl sites for hydroxylation is 2. The highest BCUT2D eigenvalue weighted by Gasteiger charge is 2.46. The first kappa shape index (κ1) is 26.5. The summed E-state index contributed by atoms with van der Waals surface area (Å²) in [6.45, 7) is 3.74. The van der Waals surface area contributed by atoms with Crippen molar-refractivity contribution in [1.29, 1.82) is 0 Å². The van der Waals surface area contributed by atoms with Crippen molar-refractivity contribution in [2.45, 2.75) is 26.4 Å². The Kier molecular flexibility index (Phi) is 7.57. The number of aliphatic hydroxyl groups is 1. The molecule has 1 fully saturated rings. The van der Waals surface area contributed by atoms with Crippen molar-refractivity contribution in [1.82, 2.24) is 9.88 Å². The van der Waals surface area contributed by atoms with Crippen LogP contribution in [0, 0.1) is 13.8 Å². The van der Waals surface area contributed by atoms with E-state index in [2.05, 4.69) is 4.98 Å². The van der Waals surface area contributed by atoms with E-state index >= 15 is 0 Å². The molecule has 1 atom stereocenters. The number of carbonyl (C=O) groups excluding carboxylic acids is 2. The fraction of sp³-hybridized carbons (Fsp3) is 0.276. The third-order valence-corrected chi connectivity index (χ3v) is 6.62. The Morgan fingerprint density at radius 1 is 0.921 bits per heavy atom. The van der Waals surface area contributed by atoms with E-state index in [-0.39, 0.29) is 17.9 Å². The quantitative estimate of drug-likeness (QED) is 0.266. The summed E-state index contributed by atoms with van der Waals surface area (Å²) >= 11 is 0. The molecule has 1 unspecified atom stereocenters. The summed E-state index contributed by atoms with van der Waals surface area (Å²) in [6.07, 6.45) is 3.26. The van der Waals surface area contributed by atoms with Crippen molar-refractivity contribution in [2.75, 3.05) is 28.4 Å². The topological polar surface area (TPSA) is 107 Å². The van der Waals surface area contributed by atoms with Crippen LogP contribution < -0.4 is 18.9 Å². The van der Waals surface area contributed by atoms with Crippen LogP contribution >= 0.6 is 0 Å². The Labute approximate surface area is 221 Å². The van der Waals surface area contributed by atoms with E-state index in [0.717, 1.165) is 11.1 Å². The van der Waals surface area contributed by atoms with Gasteiger partial charge in [-0.3, -0.25) is 14.6 Å². The number of Topliss-reactive ketones (excluding diaryl/α,β-unsaturated/α-hetero) is 1. The molecule has 1 aromatic heterocycles. The van der Waals surface area contributed by atoms with Gasteiger partial charge in [-0.15, -0.1) is 0 Å². The van der Waals surface area contributed by atoms with Crippen molar-refractivity contribution in [2.24, 2.45) is 0 Å². The third kappa shape index (κ3) is 4.63. The minimum atomic E-state index is -0.939. The number of hydrogen-bond acceptors (Lipinski definition) is 8. The number of ketones is 1. The molecule has 0 aliphatic carbocycles. The van der Waals surface area contributed by atoms with Gasteiger partial charge in [-0.2, -0.15) is 0 Å². The van der Waals surface area contributed by atoms with Gasteiger partial charge in [0.15, 0.2) is 11.5 Å². The van der Waals surface area contributed by atoms with Crippen LogP contribution in [0.25, 0.3) is 5.76 Å². The van der Waals surface area contributed by atoms with Crippen LogP contribution in [-0.2, 0) is 16.1 Å². The summed E-state index contributed by atoms with van der Waals surface area (Å²) < 4.78 is 21.9. The Hall–Kier alpha value is -4.53. The molecule has 0 spiro atoms. The minimum Gasteiger partial charge on any atom is -0.507 e. The monoisotopic (exact) mass is 518 g/mol. The number of carbonyl (C=O) groups is 2. The highest BCUT2D eigenvalue weighted by atomic mass is 16.5. The fourth-order valence-electron chi connectivity index (χ4n) is 4.75. The number of benzene rings is 2. The highest BCUT2D eigenvalue weighted by Crippen LogP contribution is 2.46. The summed E-state index contributed by atoms with van der Waals surface area (Å²) in [7, 11) is 6.02. The van der Waals surface area contributed by atoms with Crippen molar-refractivity contribution >= 4 is 17.4 Å². The van der Waals surface area contributed by atoms with E-state index in [1.807, 2.05) is 13.0 Å². The van der Waals surface area contributed by atoms with Gasteiger partial charge >= 0.3 is 0 Å². The van der Waals surface area contributed by atoms with Gasteiger partial charge in [0, 0.05) is 24.5 Å². The Morgan fingerprint density at radius 3 is 2.13 bits per heavy atom. The first-order chi connectivity index (χ1) is 18.2. The van der Waals surface area contributed by atoms with Crippen LogP contribution in [0.5, 0.6) is 23.0 Å². The molecule has 2 aromatic carbocycles. The fourth-order valence-corrected chi connectivity index (χ4v) is 4.75. The van der Waals surface area contributed by atoms with Gasteiger partial charge < -0.3 is 29.0 Å². The number of ether oxygens (including phenoxy) is 4. The molecule has 9 nitrogen and oxygen atoms in total. The molecule has 2 heterocycles. The molecule has 1 aliphatic rings. The third-order valence-electron chi connectivity index (χ3n) is 6.62. The second-order valence-corrected chi connectivity index (χ2v) is 8.88. The largest absolute Gasteiger partial charge is 0.507 e. The average Bonchev–Trinajstić information content (AvgIpc) is 3.18. The molecular weight excluding hydrogens is 488 g/mol. The molecule has 9 heteroatoms. The molecule has 3 aromatic rings. The van der Waals surface area contributed by atoms with Crippen LogP contribution in [0.2, 0.25) is 0 Å². The number of methoxy groups -OCH3 is 4. The lowest BCUT2D eigenvalue weighted by Crippen LogP contribution is -2.29. The minimum absolute atomic E-state index is 0.0409. The molecule has 1 aliphatic heterocycles. The number of aliphatic hydroxyl groups excluding tert-OH is 1. The van der Waals surface area contributed by atoms with Crippen LogP contribution in [0.15, 0.2) is 54.4 Å². The summed E-state index contributed by atoms with van der Waals surface area (Å²) in [5, 5.41) is 11.6. The SMILES string of the molecule is COc1cc(C)c(/C(O)=C2\C(=O)C(=O)N(Cc3cccnc3)C2c2cc(OC)c(OC)c(OC)c2)cc1C. The number of pyridine rings is 1. The lowest BCUT2D eigenvalue weighted by atomic mass is 9.92. The van der Waals surface area contributed by atoms with Crippen LogP contribution in [0.4, 0.5) is 0 Å². The number of hydrogen-bond donors (Lipinski definition) is 1. The average molecular weight is 519 g/mol. The van der Waals surface area contributed by atoms with Gasteiger partial charge in [-0.05, 0) is 66.4 Å². The predicted molar refractivity (Wildman–Crippen MR) is 141 cm³/mol. The second-order valence-electron chi connectivity index (χ2n) is 8.88. The molecule has 0 radical (unpaired) electrons. The summed E-state index contributed by atoms with van der Waals surface area (Å²) in [4.78, 5) is 32.5. The van der Waals surface area contributed by atoms with Crippen molar-refractivity contribution in [3.05, 3.63) is 82.2 Å². The smallest absolute Gasteiger partial charge is 0.295 e. The number of aromatic nitrogens is 1. The van der Waals surface area contributed by atoms with E-state index in [4.69, 9.17) is 18.9 Å². The van der Waals surface area contributed by atoms with E-state index in [1.165, 1.54) is 26.2 Å². The maximum absolute atomic E-state index is 13.5. The second kappa shape index (κ2) is 10.8. The molecule has 1 N–H and O–H groups in total. The lowest BCUT2D eigenvalue weighted by molar-refractivity contribution is -0.140. The van der Waals surface area contributed by atoms with Crippen molar-refractivity contribution < 1.29 is 33.6 Å². The Morgan fingerprint density at radius 2 is 1.58 bits per heavy atom. The highest BCUT2D eigenvalue weighted by molar-refractivity contribution is 6.46. The molecule has 4 rings (SSSR count).